The highest BCUT2D eigenvalue weighted by Gasteiger charge is 2.27. The zero-order valence-electron chi connectivity index (χ0n) is 21.8. The molecular weight excluding hydrogens is 496 g/mol. The van der Waals surface area contributed by atoms with Crippen molar-refractivity contribution in [3.63, 3.8) is 0 Å². The van der Waals surface area contributed by atoms with E-state index in [0.29, 0.717) is 35.0 Å². The maximum Gasteiger partial charge on any atom is 0.341 e. The quantitative estimate of drug-likeness (QED) is 0.190. The Labute approximate surface area is 227 Å². The number of aryl methyl sites for hydroxylation is 1. The molecule has 0 fully saturated rings. The van der Waals surface area contributed by atoms with Crippen LogP contribution in [0.15, 0.2) is 54.6 Å². The number of fused-ring (bicyclic) bond motifs is 2. The van der Waals surface area contributed by atoms with Gasteiger partial charge in [0, 0.05) is 15.8 Å². The summed E-state index contributed by atoms with van der Waals surface area (Å²) in [6.07, 6.45) is 5.76. The minimum Gasteiger partial charge on any atom is -0.494 e. The number of hydrogen-bond donors (Lipinski definition) is 1. The molecule has 196 valence electrons. The first-order chi connectivity index (χ1) is 18.6. The third-order valence-corrected chi connectivity index (χ3v) is 7.92. The van der Waals surface area contributed by atoms with Gasteiger partial charge in [-0.05, 0) is 81.0 Å². The van der Waals surface area contributed by atoms with E-state index in [1.54, 1.807) is 0 Å². The molecule has 0 atom stereocenters. The third-order valence-electron chi connectivity index (χ3n) is 6.71. The summed E-state index contributed by atoms with van der Waals surface area (Å²) in [4.78, 5) is 32.9. The fourth-order valence-electron chi connectivity index (χ4n) is 4.88. The highest BCUT2D eigenvalue weighted by molar-refractivity contribution is 7.17. The Balaban J connectivity index is 1.53. The van der Waals surface area contributed by atoms with Crippen LogP contribution in [0, 0.1) is 0 Å². The van der Waals surface area contributed by atoms with Gasteiger partial charge in [-0.2, -0.15) is 0 Å². The standard InChI is InChI=1S/C31H32N2O4S/c1-3-18-37-31(35)28-23-11-6-5-7-13-27(23)38-30(28)33-29(34)24-19-26(32-25-12-9-8-10-22(24)25)20-14-16-21(17-15-20)36-4-2/h8-10,12,14-17,19H,3-7,11,13,18H2,1-2H3,(H,33,34). The van der Waals surface area contributed by atoms with Crippen LogP contribution >= 0.6 is 11.3 Å². The highest BCUT2D eigenvalue weighted by atomic mass is 32.1. The molecule has 2 heterocycles. The van der Waals surface area contributed by atoms with Crippen molar-refractivity contribution in [3.8, 4) is 17.0 Å². The smallest absolute Gasteiger partial charge is 0.341 e. The van der Waals surface area contributed by atoms with Gasteiger partial charge in [0.15, 0.2) is 0 Å². The van der Waals surface area contributed by atoms with Gasteiger partial charge < -0.3 is 14.8 Å². The molecule has 0 bridgehead atoms. The number of rotatable bonds is 8. The summed E-state index contributed by atoms with van der Waals surface area (Å²) in [5, 5.41) is 4.42. The molecule has 5 rings (SSSR count). The number of benzene rings is 2. The Bertz CT molecular complexity index is 1460. The first kappa shape index (κ1) is 25.9. The molecule has 1 N–H and O–H groups in total. The normalized spacial score (nSPS) is 13.0. The van der Waals surface area contributed by atoms with Crippen LogP contribution in [0.5, 0.6) is 5.75 Å². The number of nitrogens with one attached hydrogen (secondary N) is 1. The molecule has 0 unspecified atom stereocenters. The molecular formula is C31H32N2O4S. The van der Waals surface area contributed by atoms with Crippen LogP contribution in [0.3, 0.4) is 0 Å². The van der Waals surface area contributed by atoms with Crippen molar-refractivity contribution in [3.05, 3.63) is 76.2 Å². The number of amides is 1. The van der Waals surface area contributed by atoms with E-state index in [9.17, 15) is 9.59 Å². The SMILES string of the molecule is CCCOC(=O)c1c(NC(=O)c2cc(-c3ccc(OCC)cc3)nc3ccccc23)sc2c1CCCCC2. The Morgan fingerprint density at radius 1 is 1.00 bits per heavy atom. The van der Waals surface area contributed by atoms with Crippen LogP contribution in [0.1, 0.15) is 70.7 Å². The van der Waals surface area contributed by atoms with Crippen LogP contribution in [0.2, 0.25) is 0 Å². The number of pyridine rings is 1. The minimum absolute atomic E-state index is 0.267. The molecule has 2 aromatic heterocycles. The Morgan fingerprint density at radius 2 is 1.79 bits per heavy atom. The highest BCUT2D eigenvalue weighted by Crippen LogP contribution is 2.38. The second-order valence-corrected chi connectivity index (χ2v) is 10.5. The molecule has 7 heteroatoms. The van der Waals surface area contributed by atoms with E-state index < -0.39 is 0 Å². The topological polar surface area (TPSA) is 77.5 Å². The molecule has 6 nitrogen and oxygen atoms in total. The second kappa shape index (κ2) is 11.8. The Morgan fingerprint density at radius 3 is 2.58 bits per heavy atom. The molecule has 2 aromatic carbocycles. The van der Waals surface area contributed by atoms with Gasteiger partial charge >= 0.3 is 5.97 Å². The van der Waals surface area contributed by atoms with E-state index in [4.69, 9.17) is 14.5 Å². The van der Waals surface area contributed by atoms with Gasteiger partial charge in [-0.15, -0.1) is 11.3 Å². The number of esters is 1. The predicted molar refractivity (Wildman–Crippen MR) is 152 cm³/mol. The lowest BCUT2D eigenvalue weighted by Crippen LogP contribution is -2.16. The van der Waals surface area contributed by atoms with Crippen LogP contribution in [0.25, 0.3) is 22.2 Å². The molecule has 0 saturated carbocycles. The van der Waals surface area contributed by atoms with Gasteiger partial charge in [-0.25, -0.2) is 9.78 Å². The van der Waals surface area contributed by atoms with Crippen LogP contribution < -0.4 is 10.1 Å². The first-order valence-electron chi connectivity index (χ1n) is 13.3. The van der Waals surface area contributed by atoms with Crippen molar-refractivity contribution in [2.75, 3.05) is 18.5 Å². The van der Waals surface area contributed by atoms with E-state index in [1.165, 1.54) is 16.2 Å². The van der Waals surface area contributed by atoms with E-state index in [-0.39, 0.29) is 11.9 Å². The average Bonchev–Trinajstić information content (AvgIpc) is 3.11. The summed E-state index contributed by atoms with van der Waals surface area (Å²) < 4.78 is 11.1. The van der Waals surface area contributed by atoms with Gasteiger partial charge in [-0.3, -0.25) is 4.79 Å². The fourth-order valence-corrected chi connectivity index (χ4v) is 6.16. The van der Waals surface area contributed by atoms with Crippen molar-refractivity contribution in [1.29, 1.82) is 0 Å². The van der Waals surface area contributed by atoms with Crippen molar-refractivity contribution >= 4 is 39.1 Å². The number of ether oxygens (including phenoxy) is 2. The van der Waals surface area contributed by atoms with Crippen molar-refractivity contribution in [2.45, 2.75) is 52.4 Å². The Kier molecular flexibility index (Phi) is 8.03. The van der Waals surface area contributed by atoms with E-state index >= 15 is 0 Å². The van der Waals surface area contributed by atoms with Gasteiger partial charge in [0.2, 0.25) is 0 Å². The van der Waals surface area contributed by atoms with E-state index in [1.807, 2.05) is 68.4 Å². The van der Waals surface area contributed by atoms with Crippen molar-refractivity contribution in [1.82, 2.24) is 4.98 Å². The molecule has 1 aliphatic rings. The number of hydrogen-bond acceptors (Lipinski definition) is 6. The summed E-state index contributed by atoms with van der Waals surface area (Å²) in [5.74, 6) is 0.169. The van der Waals surface area contributed by atoms with E-state index in [0.717, 1.165) is 66.3 Å². The molecule has 0 saturated heterocycles. The number of carbonyl (C=O) groups excluding carboxylic acids is 2. The molecule has 0 aliphatic heterocycles. The second-order valence-electron chi connectivity index (χ2n) is 9.39. The molecule has 0 spiro atoms. The number of nitrogens with zero attached hydrogens (tertiary/aromatic N) is 1. The van der Waals surface area contributed by atoms with E-state index in [2.05, 4.69) is 5.32 Å². The maximum absolute atomic E-state index is 13.8. The van der Waals surface area contributed by atoms with Crippen molar-refractivity contribution < 1.29 is 19.1 Å². The van der Waals surface area contributed by atoms with Crippen LogP contribution in [-0.2, 0) is 17.6 Å². The molecule has 0 radical (unpaired) electrons. The lowest BCUT2D eigenvalue weighted by Gasteiger charge is -2.12. The van der Waals surface area contributed by atoms with Crippen molar-refractivity contribution in [2.24, 2.45) is 0 Å². The fraction of sp³-hybridized carbons (Fsp3) is 0.323. The number of thiophene rings is 1. The van der Waals surface area contributed by atoms with Gasteiger partial charge in [-0.1, -0.05) is 31.5 Å². The monoisotopic (exact) mass is 528 g/mol. The summed E-state index contributed by atoms with van der Waals surface area (Å²) in [6, 6.07) is 17.1. The molecule has 38 heavy (non-hydrogen) atoms. The predicted octanol–water partition coefficient (Wildman–Crippen LogP) is 7.45. The zero-order chi connectivity index (χ0) is 26.5. The number of aromatic nitrogens is 1. The third kappa shape index (κ3) is 5.43. The molecule has 1 aliphatic carbocycles. The minimum atomic E-state index is -0.351. The Hall–Kier alpha value is -3.71. The number of carbonyl (C=O) groups is 2. The van der Waals surface area contributed by atoms with Gasteiger partial charge in [0.05, 0.1) is 35.6 Å². The first-order valence-corrected chi connectivity index (χ1v) is 14.2. The molecule has 4 aromatic rings. The summed E-state index contributed by atoms with van der Waals surface area (Å²) in [6.45, 7) is 4.88. The van der Waals surface area contributed by atoms with Gasteiger partial charge in [0.25, 0.3) is 5.91 Å². The average molecular weight is 529 g/mol. The van der Waals surface area contributed by atoms with Crippen LogP contribution in [0.4, 0.5) is 5.00 Å². The summed E-state index contributed by atoms with van der Waals surface area (Å²) >= 11 is 1.51. The summed E-state index contributed by atoms with van der Waals surface area (Å²) in [5.41, 5.74) is 4.39. The number of para-hydroxylation sites is 1. The molecule has 1 amide bonds. The largest absolute Gasteiger partial charge is 0.494 e. The summed E-state index contributed by atoms with van der Waals surface area (Å²) in [7, 11) is 0. The number of anilines is 1. The zero-order valence-corrected chi connectivity index (χ0v) is 22.7. The lowest BCUT2D eigenvalue weighted by molar-refractivity contribution is 0.0505. The maximum atomic E-state index is 13.8. The van der Waals surface area contributed by atoms with Crippen LogP contribution in [-0.4, -0.2) is 30.1 Å². The van der Waals surface area contributed by atoms with Gasteiger partial charge in [0.1, 0.15) is 10.8 Å². The lowest BCUT2D eigenvalue weighted by atomic mass is 10.0.